The maximum absolute atomic E-state index is 13.4. The van der Waals surface area contributed by atoms with E-state index in [0.29, 0.717) is 12.1 Å². The number of benzene rings is 3. The summed E-state index contributed by atoms with van der Waals surface area (Å²) < 4.78 is 26.4. The fraction of sp³-hybridized carbons (Fsp3) is 0.208. The summed E-state index contributed by atoms with van der Waals surface area (Å²) >= 11 is 0. The fourth-order valence-electron chi connectivity index (χ4n) is 3.52. The second kappa shape index (κ2) is 9.59. The number of sulfonamides is 1. The molecule has 30 heavy (non-hydrogen) atoms. The molecule has 156 valence electrons. The van der Waals surface area contributed by atoms with Crippen molar-refractivity contribution in [3.8, 4) is 0 Å². The lowest BCUT2D eigenvalue weighted by molar-refractivity contribution is -0.122. The van der Waals surface area contributed by atoms with E-state index in [2.05, 4.69) is 5.32 Å². The van der Waals surface area contributed by atoms with E-state index in [1.54, 1.807) is 24.3 Å². The number of hydrogen-bond donors (Lipinski definition) is 1. The highest BCUT2D eigenvalue weighted by atomic mass is 32.2. The average molecular weight is 423 g/mol. The lowest BCUT2D eigenvalue weighted by atomic mass is 9.98. The molecule has 0 radical (unpaired) electrons. The van der Waals surface area contributed by atoms with Crippen LogP contribution in [0.5, 0.6) is 0 Å². The second-order valence-corrected chi connectivity index (χ2v) is 8.94. The summed E-state index contributed by atoms with van der Waals surface area (Å²) in [5.41, 5.74) is 2.33. The maximum atomic E-state index is 13.4. The Balaban J connectivity index is 1.97. The topological polar surface area (TPSA) is 66.5 Å². The van der Waals surface area contributed by atoms with Crippen LogP contribution in [0.15, 0.2) is 91.0 Å². The Morgan fingerprint density at radius 2 is 1.27 bits per heavy atom. The molecule has 5 nitrogen and oxygen atoms in total. The monoisotopic (exact) mass is 422 g/mol. The molecular formula is C24H26N2O3S. The smallest absolute Gasteiger partial charge is 0.244 e. The summed E-state index contributed by atoms with van der Waals surface area (Å²) in [6, 6.07) is 26.8. The predicted molar refractivity (Wildman–Crippen MR) is 121 cm³/mol. The first kappa shape index (κ1) is 21.6. The molecule has 1 atom stereocenters. The zero-order valence-corrected chi connectivity index (χ0v) is 17.9. The molecule has 1 N–H and O–H groups in total. The van der Waals surface area contributed by atoms with Crippen molar-refractivity contribution in [2.45, 2.75) is 25.4 Å². The lowest BCUT2D eigenvalue weighted by Gasteiger charge is -2.31. The van der Waals surface area contributed by atoms with Crippen LogP contribution < -0.4 is 9.62 Å². The molecule has 0 fully saturated rings. The van der Waals surface area contributed by atoms with Crippen molar-refractivity contribution in [1.82, 2.24) is 5.32 Å². The van der Waals surface area contributed by atoms with Gasteiger partial charge in [-0.15, -0.1) is 0 Å². The Kier molecular flexibility index (Phi) is 6.90. The first-order valence-electron chi connectivity index (χ1n) is 9.86. The van der Waals surface area contributed by atoms with Gasteiger partial charge in [0.2, 0.25) is 15.9 Å². The molecule has 3 aromatic rings. The number of hydrogen-bond acceptors (Lipinski definition) is 3. The van der Waals surface area contributed by atoms with Gasteiger partial charge in [0.1, 0.15) is 6.04 Å². The third-order valence-corrected chi connectivity index (χ3v) is 6.07. The standard InChI is InChI=1S/C24H26N2O3S/c1-3-22(26(30(2,28)29)21-17-11-6-12-18-21)24(27)25-23(19-13-7-4-8-14-19)20-15-9-5-10-16-20/h4-18,22-23H,3H2,1-2H3,(H,25,27). The highest BCUT2D eigenvalue weighted by Crippen LogP contribution is 2.25. The molecule has 6 heteroatoms. The Labute approximate surface area is 178 Å². The van der Waals surface area contributed by atoms with Crippen molar-refractivity contribution in [3.63, 3.8) is 0 Å². The highest BCUT2D eigenvalue weighted by molar-refractivity contribution is 7.92. The van der Waals surface area contributed by atoms with Crippen LogP contribution >= 0.6 is 0 Å². The van der Waals surface area contributed by atoms with E-state index in [1.165, 1.54) is 4.31 Å². The third-order valence-electron chi connectivity index (χ3n) is 4.89. The number of para-hydroxylation sites is 1. The summed E-state index contributed by atoms with van der Waals surface area (Å²) in [7, 11) is -3.67. The van der Waals surface area contributed by atoms with E-state index in [-0.39, 0.29) is 11.9 Å². The Morgan fingerprint density at radius 1 is 0.833 bits per heavy atom. The van der Waals surface area contributed by atoms with Crippen molar-refractivity contribution in [1.29, 1.82) is 0 Å². The summed E-state index contributed by atoms with van der Waals surface area (Å²) in [4.78, 5) is 13.4. The molecule has 1 amide bonds. The van der Waals surface area contributed by atoms with Gasteiger partial charge in [-0.1, -0.05) is 85.8 Å². The van der Waals surface area contributed by atoms with Gasteiger partial charge in [0.15, 0.2) is 0 Å². The van der Waals surface area contributed by atoms with Crippen LogP contribution in [-0.2, 0) is 14.8 Å². The summed E-state index contributed by atoms with van der Waals surface area (Å²) in [5.74, 6) is -0.343. The van der Waals surface area contributed by atoms with E-state index < -0.39 is 16.1 Å². The molecule has 0 aliphatic rings. The molecular weight excluding hydrogens is 396 g/mol. The van der Waals surface area contributed by atoms with Gasteiger partial charge in [-0.25, -0.2) is 8.42 Å². The molecule has 0 saturated carbocycles. The van der Waals surface area contributed by atoms with Crippen molar-refractivity contribution >= 4 is 21.6 Å². The number of amides is 1. The van der Waals surface area contributed by atoms with Gasteiger partial charge in [0.05, 0.1) is 18.0 Å². The molecule has 0 bridgehead atoms. The Bertz CT molecular complexity index is 1020. The van der Waals surface area contributed by atoms with E-state index in [4.69, 9.17) is 0 Å². The molecule has 3 rings (SSSR count). The largest absolute Gasteiger partial charge is 0.343 e. The first-order chi connectivity index (χ1) is 14.4. The fourth-order valence-corrected chi connectivity index (χ4v) is 4.74. The molecule has 0 aliphatic carbocycles. The zero-order chi connectivity index (χ0) is 21.6. The molecule has 0 aromatic heterocycles. The van der Waals surface area contributed by atoms with Crippen molar-refractivity contribution in [2.24, 2.45) is 0 Å². The molecule has 1 unspecified atom stereocenters. The normalized spacial score (nSPS) is 12.4. The van der Waals surface area contributed by atoms with Crippen LogP contribution in [0, 0.1) is 0 Å². The van der Waals surface area contributed by atoms with Crippen LogP contribution in [-0.4, -0.2) is 26.6 Å². The quantitative estimate of drug-likeness (QED) is 0.593. The van der Waals surface area contributed by atoms with Gasteiger partial charge in [-0.2, -0.15) is 0 Å². The molecule has 0 spiro atoms. The second-order valence-electron chi connectivity index (χ2n) is 7.08. The van der Waals surface area contributed by atoms with Gasteiger partial charge in [0.25, 0.3) is 0 Å². The number of rotatable bonds is 8. The molecule has 0 aliphatic heterocycles. The van der Waals surface area contributed by atoms with Gasteiger partial charge in [-0.3, -0.25) is 9.10 Å². The van der Waals surface area contributed by atoms with E-state index in [1.807, 2.05) is 73.7 Å². The maximum Gasteiger partial charge on any atom is 0.244 e. The minimum absolute atomic E-state index is 0.337. The Morgan fingerprint density at radius 3 is 1.67 bits per heavy atom. The number of carbonyl (C=O) groups is 1. The van der Waals surface area contributed by atoms with Gasteiger partial charge >= 0.3 is 0 Å². The van der Waals surface area contributed by atoms with Crippen molar-refractivity contribution in [3.05, 3.63) is 102 Å². The van der Waals surface area contributed by atoms with Crippen molar-refractivity contribution in [2.75, 3.05) is 10.6 Å². The van der Waals surface area contributed by atoms with Gasteiger partial charge in [0, 0.05) is 0 Å². The average Bonchev–Trinajstić information content (AvgIpc) is 2.76. The van der Waals surface area contributed by atoms with Crippen LogP contribution in [0.3, 0.4) is 0 Å². The molecule has 0 heterocycles. The third kappa shape index (κ3) is 5.07. The summed E-state index contributed by atoms with van der Waals surface area (Å²) in [5, 5.41) is 3.08. The van der Waals surface area contributed by atoms with Gasteiger partial charge in [-0.05, 0) is 29.7 Å². The van der Waals surface area contributed by atoms with Crippen LogP contribution in [0.25, 0.3) is 0 Å². The molecule has 0 saturated heterocycles. The summed E-state index contributed by atoms with van der Waals surface area (Å²) in [6.07, 6.45) is 1.46. The van der Waals surface area contributed by atoms with E-state index in [9.17, 15) is 13.2 Å². The van der Waals surface area contributed by atoms with Crippen LogP contribution in [0.2, 0.25) is 0 Å². The van der Waals surface area contributed by atoms with E-state index >= 15 is 0 Å². The first-order valence-corrected chi connectivity index (χ1v) is 11.7. The number of nitrogens with zero attached hydrogens (tertiary/aromatic N) is 1. The SMILES string of the molecule is CCC(C(=O)NC(c1ccccc1)c1ccccc1)N(c1ccccc1)S(C)(=O)=O. The lowest BCUT2D eigenvalue weighted by Crippen LogP contribution is -2.50. The van der Waals surface area contributed by atoms with Gasteiger partial charge < -0.3 is 5.32 Å². The minimum atomic E-state index is -3.67. The minimum Gasteiger partial charge on any atom is -0.343 e. The highest BCUT2D eigenvalue weighted by Gasteiger charge is 2.32. The number of nitrogens with one attached hydrogen (secondary N) is 1. The Hall–Kier alpha value is -3.12. The van der Waals surface area contributed by atoms with Crippen molar-refractivity contribution < 1.29 is 13.2 Å². The number of carbonyl (C=O) groups excluding carboxylic acids is 1. The van der Waals surface area contributed by atoms with E-state index in [0.717, 1.165) is 17.4 Å². The van der Waals surface area contributed by atoms with Crippen LogP contribution in [0.4, 0.5) is 5.69 Å². The predicted octanol–water partition coefficient (Wildman–Crippen LogP) is 4.14. The van der Waals surface area contributed by atoms with Crippen LogP contribution in [0.1, 0.15) is 30.5 Å². The molecule has 3 aromatic carbocycles. The summed E-state index contributed by atoms with van der Waals surface area (Å²) in [6.45, 7) is 1.81. The number of anilines is 1. The zero-order valence-electron chi connectivity index (χ0n) is 17.1.